The van der Waals surface area contributed by atoms with E-state index in [-0.39, 0.29) is 13.2 Å². The van der Waals surface area contributed by atoms with E-state index >= 15 is 0 Å². The summed E-state index contributed by atoms with van der Waals surface area (Å²) in [5, 5.41) is 21.1. The topological polar surface area (TPSA) is 61.7 Å². The molecular weight excluding hydrogens is 286 g/mol. The summed E-state index contributed by atoms with van der Waals surface area (Å²) in [6, 6.07) is 5.65. The van der Waals surface area contributed by atoms with Gasteiger partial charge in [0.2, 0.25) is 0 Å². The molecule has 96 valence electrons. The van der Waals surface area contributed by atoms with Crippen molar-refractivity contribution >= 4 is 15.9 Å². The second-order valence-corrected chi connectivity index (χ2v) is 4.54. The van der Waals surface area contributed by atoms with Gasteiger partial charge in [0.05, 0.1) is 6.61 Å². The predicted molar refractivity (Wildman–Crippen MR) is 70.1 cm³/mol. The Balaban J connectivity index is 2.61. The molecule has 0 amide bonds. The lowest BCUT2D eigenvalue weighted by Crippen LogP contribution is -2.21. The first kappa shape index (κ1) is 14.4. The van der Waals surface area contributed by atoms with Gasteiger partial charge in [-0.1, -0.05) is 22.9 Å². The molecule has 0 heterocycles. The summed E-state index contributed by atoms with van der Waals surface area (Å²) in [5.41, 5.74) is 1.10. The molecule has 0 aliphatic rings. The first-order chi connectivity index (χ1) is 8.17. The maximum Gasteiger partial charge on any atom is 0.119 e. The van der Waals surface area contributed by atoms with E-state index < -0.39 is 6.10 Å². The lowest BCUT2D eigenvalue weighted by atomic mass is 10.2. The molecule has 0 fully saturated rings. The van der Waals surface area contributed by atoms with Crippen LogP contribution in [0.4, 0.5) is 0 Å². The Morgan fingerprint density at radius 3 is 2.88 bits per heavy atom. The maximum absolute atomic E-state index is 9.19. The fraction of sp³-hybridized carbons (Fsp3) is 0.500. The highest BCUT2D eigenvalue weighted by molar-refractivity contribution is 9.10. The average Bonchev–Trinajstić information content (AvgIpc) is 2.35. The molecule has 3 N–H and O–H groups in total. The summed E-state index contributed by atoms with van der Waals surface area (Å²) in [4.78, 5) is 0. The Kier molecular flexibility index (Phi) is 6.50. The summed E-state index contributed by atoms with van der Waals surface area (Å²) in [7, 11) is 0. The van der Waals surface area contributed by atoms with Gasteiger partial charge in [-0.3, -0.25) is 0 Å². The van der Waals surface area contributed by atoms with Gasteiger partial charge in [0.1, 0.15) is 18.5 Å². The number of ether oxygens (including phenoxy) is 1. The van der Waals surface area contributed by atoms with Crippen LogP contribution in [-0.4, -0.2) is 36.1 Å². The number of rotatable bonds is 7. The van der Waals surface area contributed by atoms with E-state index in [1.807, 2.05) is 25.1 Å². The van der Waals surface area contributed by atoms with Crippen LogP contribution in [0, 0.1) is 0 Å². The number of nitrogens with one attached hydrogen (secondary N) is 1. The number of aliphatic hydroxyl groups is 2. The van der Waals surface area contributed by atoms with Gasteiger partial charge in [-0.15, -0.1) is 0 Å². The van der Waals surface area contributed by atoms with Crippen molar-refractivity contribution in [3.05, 3.63) is 28.2 Å². The largest absolute Gasteiger partial charge is 0.491 e. The van der Waals surface area contributed by atoms with Crippen molar-refractivity contribution in [1.29, 1.82) is 0 Å². The zero-order chi connectivity index (χ0) is 12.7. The number of benzene rings is 1. The number of hydrogen-bond acceptors (Lipinski definition) is 4. The van der Waals surface area contributed by atoms with E-state index in [0.29, 0.717) is 5.75 Å². The van der Waals surface area contributed by atoms with Gasteiger partial charge in [0.25, 0.3) is 0 Å². The molecule has 0 radical (unpaired) electrons. The van der Waals surface area contributed by atoms with Crippen LogP contribution in [0.1, 0.15) is 12.5 Å². The van der Waals surface area contributed by atoms with Crippen LogP contribution >= 0.6 is 15.9 Å². The van der Waals surface area contributed by atoms with Crippen LogP contribution < -0.4 is 10.1 Å². The van der Waals surface area contributed by atoms with Crippen LogP contribution in [0.25, 0.3) is 0 Å². The van der Waals surface area contributed by atoms with E-state index in [1.165, 1.54) is 0 Å². The van der Waals surface area contributed by atoms with Gasteiger partial charge in [-0.2, -0.15) is 0 Å². The maximum atomic E-state index is 9.19. The van der Waals surface area contributed by atoms with Crippen LogP contribution in [0.15, 0.2) is 22.7 Å². The van der Waals surface area contributed by atoms with Crippen molar-refractivity contribution in [1.82, 2.24) is 5.32 Å². The monoisotopic (exact) mass is 303 g/mol. The van der Waals surface area contributed by atoms with Crippen molar-refractivity contribution in [3.8, 4) is 5.75 Å². The minimum Gasteiger partial charge on any atom is -0.491 e. The van der Waals surface area contributed by atoms with Crippen molar-refractivity contribution < 1.29 is 14.9 Å². The number of hydrogen-bond donors (Lipinski definition) is 3. The Labute approximate surface area is 110 Å². The second kappa shape index (κ2) is 7.66. The molecular formula is C12H18BrNO3. The molecule has 0 saturated carbocycles. The molecule has 0 bridgehead atoms. The van der Waals surface area contributed by atoms with E-state index in [4.69, 9.17) is 9.84 Å². The van der Waals surface area contributed by atoms with Crippen molar-refractivity contribution in [3.63, 3.8) is 0 Å². The van der Waals surface area contributed by atoms with E-state index in [0.717, 1.165) is 23.1 Å². The molecule has 17 heavy (non-hydrogen) atoms. The molecule has 1 unspecified atom stereocenters. The molecule has 1 aromatic rings. The van der Waals surface area contributed by atoms with Crippen LogP contribution in [-0.2, 0) is 6.54 Å². The molecule has 1 rings (SSSR count). The summed E-state index contributed by atoms with van der Waals surface area (Å²) in [6.45, 7) is 3.52. The molecule has 0 spiro atoms. The minimum atomic E-state index is -0.837. The third-order valence-corrected chi connectivity index (χ3v) is 3.01. The minimum absolute atomic E-state index is 0.0960. The second-order valence-electron chi connectivity index (χ2n) is 3.68. The van der Waals surface area contributed by atoms with Gasteiger partial charge in [0.15, 0.2) is 0 Å². The van der Waals surface area contributed by atoms with Crippen molar-refractivity contribution in [2.75, 3.05) is 19.8 Å². The van der Waals surface area contributed by atoms with Gasteiger partial charge in [-0.25, -0.2) is 0 Å². The van der Waals surface area contributed by atoms with Crippen molar-refractivity contribution in [2.45, 2.75) is 19.6 Å². The lowest BCUT2D eigenvalue weighted by molar-refractivity contribution is 0.0536. The normalized spacial score (nSPS) is 12.5. The fourth-order valence-corrected chi connectivity index (χ4v) is 1.67. The molecule has 0 aromatic heterocycles. The van der Waals surface area contributed by atoms with Crippen LogP contribution in [0.5, 0.6) is 5.75 Å². The van der Waals surface area contributed by atoms with Gasteiger partial charge < -0.3 is 20.3 Å². The molecule has 1 atom stereocenters. The van der Waals surface area contributed by atoms with Crippen LogP contribution in [0.2, 0.25) is 0 Å². The van der Waals surface area contributed by atoms with Crippen molar-refractivity contribution in [2.24, 2.45) is 0 Å². The highest BCUT2D eigenvalue weighted by atomic mass is 79.9. The zero-order valence-electron chi connectivity index (χ0n) is 9.82. The average molecular weight is 304 g/mol. The van der Waals surface area contributed by atoms with Crippen LogP contribution in [0.3, 0.4) is 0 Å². The quantitative estimate of drug-likeness (QED) is 0.710. The van der Waals surface area contributed by atoms with Gasteiger partial charge >= 0.3 is 0 Å². The molecule has 1 aromatic carbocycles. The summed E-state index contributed by atoms with van der Waals surface area (Å²) >= 11 is 3.47. The Morgan fingerprint density at radius 1 is 1.47 bits per heavy atom. The first-order valence-corrected chi connectivity index (χ1v) is 6.37. The van der Waals surface area contributed by atoms with E-state index in [1.54, 1.807) is 0 Å². The fourth-order valence-electron chi connectivity index (χ4n) is 1.28. The highest BCUT2D eigenvalue weighted by Gasteiger charge is 2.05. The molecule has 0 aliphatic carbocycles. The van der Waals surface area contributed by atoms with E-state index in [9.17, 15) is 5.11 Å². The smallest absolute Gasteiger partial charge is 0.119 e. The molecule has 5 heteroatoms. The highest BCUT2D eigenvalue weighted by Crippen LogP contribution is 2.22. The SMILES string of the molecule is CCNCc1cc(OCC(O)CO)ccc1Br. The van der Waals surface area contributed by atoms with E-state index in [2.05, 4.69) is 21.2 Å². The molecule has 0 aliphatic heterocycles. The Morgan fingerprint density at radius 2 is 2.24 bits per heavy atom. The number of aliphatic hydroxyl groups excluding tert-OH is 2. The summed E-state index contributed by atoms with van der Waals surface area (Å²) in [6.07, 6.45) is -0.837. The van der Waals surface area contributed by atoms with Gasteiger partial charge in [0, 0.05) is 11.0 Å². The third kappa shape index (κ3) is 5.04. The zero-order valence-corrected chi connectivity index (χ0v) is 11.4. The summed E-state index contributed by atoms with van der Waals surface area (Å²) in [5.74, 6) is 0.689. The molecule has 0 saturated heterocycles. The number of halogens is 1. The standard InChI is InChI=1S/C12H18BrNO3/c1-2-14-6-9-5-11(3-4-12(9)13)17-8-10(16)7-15/h3-5,10,14-16H,2,6-8H2,1H3. The Hall–Kier alpha value is -0.620. The predicted octanol–water partition coefficient (Wildman–Crippen LogP) is 1.29. The Bertz CT molecular complexity index is 347. The first-order valence-electron chi connectivity index (χ1n) is 5.58. The third-order valence-electron chi connectivity index (χ3n) is 2.24. The molecule has 4 nitrogen and oxygen atoms in total. The lowest BCUT2D eigenvalue weighted by Gasteiger charge is -2.12. The summed E-state index contributed by atoms with van der Waals surface area (Å²) < 4.78 is 6.40. The van der Waals surface area contributed by atoms with Gasteiger partial charge in [-0.05, 0) is 30.3 Å².